The minimum Gasteiger partial charge on any atom is -0.493 e. The van der Waals surface area contributed by atoms with Crippen molar-refractivity contribution in [2.45, 2.75) is 17.5 Å². The summed E-state index contributed by atoms with van der Waals surface area (Å²) in [6, 6.07) is 4.23. The molecule has 1 aliphatic heterocycles. The number of methoxy groups -OCH3 is 2. The van der Waals surface area contributed by atoms with E-state index in [1.807, 2.05) is 0 Å². The number of nitrogens with one attached hydrogen (secondary N) is 2. The van der Waals surface area contributed by atoms with E-state index in [2.05, 4.69) is 10.6 Å². The number of sulfonamides is 1. The third kappa shape index (κ3) is 5.56. The predicted molar refractivity (Wildman–Crippen MR) is 101 cm³/mol. The summed E-state index contributed by atoms with van der Waals surface area (Å²) >= 11 is 0. The van der Waals surface area contributed by atoms with Gasteiger partial charge in [0.1, 0.15) is 6.23 Å². The maximum Gasteiger partial charge on any atom is 0.309 e. The molecule has 1 heterocycles. The summed E-state index contributed by atoms with van der Waals surface area (Å²) in [5.74, 6) is -1.23. The highest BCUT2D eigenvalue weighted by Crippen LogP contribution is 2.31. The third-order valence-electron chi connectivity index (χ3n) is 4.16. The van der Waals surface area contributed by atoms with E-state index in [-0.39, 0.29) is 36.9 Å². The predicted octanol–water partition coefficient (Wildman–Crippen LogP) is -1.33. The van der Waals surface area contributed by atoms with Crippen LogP contribution in [-0.4, -0.2) is 82.9 Å². The van der Waals surface area contributed by atoms with Crippen molar-refractivity contribution < 1.29 is 37.3 Å². The van der Waals surface area contributed by atoms with Gasteiger partial charge in [-0.25, -0.2) is 8.42 Å². The van der Waals surface area contributed by atoms with Crippen LogP contribution in [0.15, 0.2) is 23.1 Å². The summed E-state index contributed by atoms with van der Waals surface area (Å²) in [7, 11) is -1.12. The summed E-state index contributed by atoms with van der Waals surface area (Å²) in [4.78, 5) is 23.4. The van der Waals surface area contributed by atoms with Crippen molar-refractivity contribution in [3.63, 3.8) is 0 Å². The number of aliphatic hydroxyl groups is 1. The molecule has 1 saturated heterocycles. The van der Waals surface area contributed by atoms with Gasteiger partial charge in [0.25, 0.3) is 0 Å². The second kappa shape index (κ2) is 10.4. The highest BCUT2D eigenvalue weighted by molar-refractivity contribution is 7.89. The highest BCUT2D eigenvalue weighted by atomic mass is 32.2. The zero-order valence-corrected chi connectivity index (χ0v) is 17.0. The molecule has 2 amide bonds. The Kier molecular flexibility index (Phi) is 8.20. The molecule has 1 aliphatic rings. The molecule has 0 aromatic heterocycles. The van der Waals surface area contributed by atoms with Crippen LogP contribution in [0, 0.1) is 0 Å². The molecule has 162 valence electrons. The Morgan fingerprint density at radius 3 is 2.55 bits per heavy atom. The average molecular weight is 431 g/mol. The van der Waals surface area contributed by atoms with Gasteiger partial charge < -0.3 is 30.0 Å². The van der Waals surface area contributed by atoms with E-state index < -0.39 is 28.1 Å². The lowest BCUT2D eigenvalue weighted by Gasteiger charge is -2.34. The van der Waals surface area contributed by atoms with Gasteiger partial charge >= 0.3 is 11.8 Å². The summed E-state index contributed by atoms with van der Waals surface area (Å²) in [5, 5.41) is 13.2. The normalized spacial score (nSPS) is 17.4. The summed E-state index contributed by atoms with van der Waals surface area (Å²) < 4.78 is 43.2. The number of hydrogen-bond acceptors (Lipinski definition) is 8. The second-order valence-electron chi connectivity index (χ2n) is 6.00. The van der Waals surface area contributed by atoms with Gasteiger partial charge in [-0.2, -0.15) is 4.31 Å². The molecule has 1 atom stereocenters. The van der Waals surface area contributed by atoms with Crippen LogP contribution >= 0.6 is 0 Å². The van der Waals surface area contributed by atoms with Gasteiger partial charge in [0, 0.05) is 19.2 Å². The average Bonchev–Trinajstić information content (AvgIpc) is 2.75. The fourth-order valence-electron chi connectivity index (χ4n) is 2.72. The van der Waals surface area contributed by atoms with Crippen LogP contribution < -0.4 is 20.1 Å². The number of nitrogens with zero attached hydrogens (tertiary/aromatic N) is 1. The van der Waals surface area contributed by atoms with Crippen LogP contribution in [0.4, 0.5) is 0 Å². The van der Waals surface area contributed by atoms with Crippen LogP contribution in [0.5, 0.6) is 11.5 Å². The molecular formula is C17H25N3O8S. The number of benzene rings is 1. The standard InChI is InChI=1S/C17H25N3O8S/c1-26-13-5-4-12(10-14(13)27-2)29(24,25)20-7-3-9-28-15(20)11-19-17(23)16(22)18-6-8-21/h4-5,10,15,21H,3,6-9,11H2,1-2H3,(H,18,22)(H,19,23)/t15-/m1/s1. The number of hydrogen-bond donors (Lipinski definition) is 3. The van der Waals surface area contributed by atoms with E-state index in [1.54, 1.807) is 0 Å². The summed E-state index contributed by atoms with van der Waals surface area (Å²) in [6.07, 6.45) is -0.495. The Bertz CT molecular complexity index is 830. The lowest BCUT2D eigenvalue weighted by Crippen LogP contribution is -2.53. The van der Waals surface area contributed by atoms with Gasteiger partial charge in [-0.1, -0.05) is 0 Å². The Hall–Kier alpha value is -2.41. The quantitative estimate of drug-likeness (QED) is 0.430. The molecule has 29 heavy (non-hydrogen) atoms. The lowest BCUT2D eigenvalue weighted by molar-refractivity contribution is -0.140. The van der Waals surface area contributed by atoms with Crippen molar-refractivity contribution in [1.82, 2.24) is 14.9 Å². The first-order valence-electron chi connectivity index (χ1n) is 8.87. The minimum absolute atomic E-state index is 0.0161. The van der Waals surface area contributed by atoms with Crippen LogP contribution in [0.1, 0.15) is 6.42 Å². The van der Waals surface area contributed by atoms with E-state index in [9.17, 15) is 18.0 Å². The zero-order valence-electron chi connectivity index (χ0n) is 16.2. The van der Waals surface area contributed by atoms with Crippen molar-refractivity contribution >= 4 is 21.8 Å². The zero-order chi connectivity index (χ0) is 21.4. The van der Waals surface area contributed by atoms with Gasteiger partial charge in [0.2, 0.25) is 10.0 Å². The smallest absolute Gasteiger partial charge is 0.309 e. The molecule has 3 N–H and O–H groups in total. The Morgan fingerprint density at radius 2 is 1.90 bits per heavy atom. The SMILES string of the molecule is COc1ccc(S(=O)(=O)N2CCCO[C@@H]2CNC(=O)C(=O)NCCO)cc1OC. The highest BCUT2D eigenvalue weighted by Gasteiger charge is 2.35. The van der Waals surface area contributed by atoms with Crippen molar-refractivity contribution in [2.75, 3.05) is 47.1 Å². The molecule has 12 heteroatoms. The maximum absolute atomic E-state index is 13.1. The number of ether oxygens (including phenoxy) is 3. The Morgan fingerprint density at radius 1 is 1.21 bits per heavy atom. The fraction of sp³-hybridized carbons (Fsp3) is 0.529. The largest absolute Gasteiger partial charge is 0.493 e. The van der Waals surface area contributed by atoms with Crippen molar-refractivity contribution in [3.8, 4) is 11.5 Å². The number of rotatable bonds is 8. The van der Waals surface area contributed by atoms with E-state index in [0.29, 0.717) is 18.8 Å². The molecule has 0 bridgehead atoms. The number of aliphatic hydroxyl groups excluding tert-OH is 1. The van der Waals surface area contributed by atoms with E-state index >= 15 is 0 Å². The lowest BCUT2D eigenvalue weighted by atomic mass is 10.3. The van der Waals surface area contributed by atoms with Gasteiger partial charge in [-0.3, -0.25) is 9.59 Å². The maximum atomic E-state index is 13.1. The van der Waals surface area contributed by atoms with Gasteiger partial charge in [-0.15, -0.1) is 0 Å². The second-order valence-corrected chi connectivity index (χ2v) is 7.89. The van der Waals surface area contributed by atoms with Crippen molar-refractivity contribution in [2.24, 2.45) is 0 Å². The van der Waals surface area contributed by atoms with Crippen LogP contribution in [0.2, 0.25) is 0 Å². The monoisotopic (exact) mass is 431 g/mol. The molecule has 0 radical (unpaired) electrons. The van der Waals surface area contributed by atoms with Gasteiger partial charge in [-0.05, 0) is 18.6 Å². The molecule has 1 aromatic rings. The summed E-state index contributed by atoms with van der Waals surface area (Å²) in [5.41, 5.74) is 0. The van der Waals surface area contributed by atoms with E-state index in [4.69, 9.17) is 19.3 Å². The number of amides is 2. The molecule has 1 aromatic carbocycles. The molecule has 11 nitrogen and oxygen atoms in total. The topological polar surface area (TPSA) is 143 Å². The third-order valence-corrected chi connectivity index (χ3v) is 6.04. The summed E-state index contributed by atoms with van der Waals surface area (Å²) in [6.45, 7) is -0.0743. The molecule has 0 spiro atoms. The van der Waals surface area contributed by atoms with Crippen LogP contribution in [0.3, 0.4) is 0 Å². The van der Waals surface area contributed by atoms with Gasteiger partial charge in [0.15, 0.2) is 11.5 Å². The van der Waals surface area contributed by atoms with Crippen LogP contribution in [-0.2, 0) is 24.3 Å². The molecular weight excluding hydrogens is 406 g/mol. The Balaban J connectivity index is 2.15. The van der Waals surface area contributed by atoms with Gasteiger partial charge in [0.05, 0.1) is 38.9 Å². The first-order valence-corrected chi connectivity index (χ1v) is 10.3. The fourth-order valence-corrected chi connectivity index (χ4v) is 4.31. The van der Waals surface area contributed by atoms with Crippen LogP contribution in [0.25, 0.3) is 0 Å². The first-order chi connectivity index (χ1) is 13.8. The Labute approximate surface area is 169 Å². The molecule has 0 unspecified atom stereocenters. The molecule has 0 saturated carbocycles. The van der Waals surface area contributed by atoms with Crippen molar-refractivity contribution in [3.05, 3.63) is 18.2 Å². The van der Waals surface area contributed by atoms with Crippen molar-refractivity contribution in [1.29, 1.82) is 0 Å². The number of carbonyl (C=O) groups is 2. The van der Waals surface area contributed by atoms with E-state index in [1.165, 1.54) is 32.4 Å². The molecule has 1 fully saturated rings. The number of carbonyl (C=O) groups excluding carboxylic acids is 2. The minimum atomic E-state index is -3.96. The first kappa shape index (κ1) is 22.9. The molecule has 2 rings (SSSR count). The molecule has 0 aliphatic carbocycles. The van der Waals surface area contributed by atoms with E-state index in [0.717, 1.165) is 4.31 Å².